The summed E-state index contributed by atoms with van der Waals surface area (Å²) in [6, 6.07) is 1.59. The summed E-state index contributed by atoms with van der Waals surface area (Å²) in [6.45, 7) is 4.68. The number of aromatic hydroxyl groups is 1. The maximum Gasteiger partial charge on any atom is 0.187 e. The van der Waals surface area contributed by atoms with E-state index in [1.807, 2.05) is 0 Å². The molecule has 0 bridgehead atoms. The fraction of sp³-hybridized carbons (Fsp3) is 0.667. The number of aliphatic hydroxyl groups excluding tert-OH is 4. The molecule has 0 radical (unpaired) electrons. The average molecular weight is 440 g/mol. The van der Waals surface area contributed by atoms with Crippen LogP contribution in [-0.2, 0) is 15.9 Å². The Morgan fingerprint density at radius 1 is 1.13 bits per heavy atom. The van der Waals surface area contributed by atoms with Crippen LogP contribution in [0.5, 0.6) is 17.2 Å². The first kappa shape index (κ1) is 22.3. The van der Waals surface area contributed by atoms with Gasteiger partial charge in [0.2, 0.25) is 0 Å². The van der Waals surface area contributed by atoms with Gasteiger partial charge in [0.25, 0.3) is 0 Å². The molecule has 1 fully saturated rings. The highest BCUT2D eigenvalue weighted by atomic mass is 16.7. The Morgan fingerprint density at radius 2 is 1.84 bits per heavy atom. The maximum absolute atomic E-state index is 12.5. The molecule has 1 saturated heterocycles. The molecular formula is C21H28O10. The van der Waals surface area contributed by atoms with Crippen LogP contribution in [-0.4, -0.2) is 86.4 Å². The first-order valence-corrected chi connectivity index (χ1v) is 10.3. The number of carbonyl (C=O) groups excluding carboxylic acids is 1. The van der Waals surface area contributed by atoms with Gasteiger partial charge in [-0.3, -0.25) is 4.79 Å². The molecule has 31 heavy (non-hydrogen) atoms. The lowest BCUT2D eigenvalue weighted by atomic mass is 9.87. The number of hydrogen-bond donors (Lipinski definition) is 5. The smallest absolute Gasteiger partial charge is 0.187 e. The second-order valence-corrected chi connectivity index (χ2v) is 8.86. The summed E-state index contributed by atoms with van der Waals surface area (Å²) in [5.74, 6) is 0.161. The van der Waals surface area contributed by atoms with Gasteiger partial charge in [0.15, 0.2) is 12.1 Å². The highest BCUT2D eigenvalue weighted by Gasteiger charge is 2.48. The van der Waals surface area contributed by atoms with Gasteiger partial charge in [-0.25, -0.2) is 0 Å². The van der Waals surface area contributed by atoms with Crippen molar-refractivity contribution >= 4 is 5.78 Å². The van der Waals surface area contributed by atoms with Crippen molar-refractivity contribution in [2.45, 2.75) is 82.1 Å². The third kappa shape index (κ3) is 3.77. The van der Waals surface area contributed by atoms with Gasteiger partial charge in [0, 0.05) is 24.5 Å². The second kappa shape index (κ2) is 7.88. The van der Waals surface area contributed by atoms with Crippen molar-refractivity contribution in [3.8, 4) is 17.2 Å². The lowest BCUT2D eigenvalue weighted by molar-refractivity contribution is -0.321. The number of carbonyl (C=O) groups is 1. The van der Waals surface area contributed by atoms with E-state index in [0.29, 0.717) is 11.3 Å². The molecule has 172 valence electrons. The Balaban J connectivity index is 1.63. The number of hydrogen-bond acceptors (Lipinski definition) is 10. The molecule has 0 aromatic heterocycles. The van der Waals surface area contributed by atoms with Crippen molar-refractivity contribution in [1.82, 2.24) is 0 Å². The number of benzene rings is 1. The van der Waals surface area contributed by atoms with Gasteiger partial charge in [-0.1, -0.05) is 0 Å². The predicted molar refractivity (Wildman–Crippen MR) is 104 cm³/mol. The highest BCUT2D eigenvalue weighted by molar-refractivity contribution is 6.03. The third-order valence-electron chi connectivity index (χ3n) is 6.09. The number of ketones is 1. The van der Waals surface area contributed by atoms with Crippen molar-refractivity contribution in [3.63, 3.8) is 0 Å². The number of phenols is 1. The lowest BCUT2D eigenvalue weighted by Crippen LogP contribution is -2.61. The van der Waals surface area contributed by atoms with E-state index in [9.17, 15) is 30.3 Å². The van der Waals surface area contributed by atoms with Crippen LogP contribution in [0.1, 0.15) is 43.1 Å². The molecule has 2 unspecified atom stereocenters. The van der Waals surface area contributed by atoms with Crippen LogP contribution in [0.3, 0.4) is 0 Å². The number of Topliss-reactive ketones (excluding diaryl/α,β-unsaturated/α-hetero) is 1. The molecule has 10 heteroatoms. The summed E-state index contributed by atoms with van der Waals surface area (Å²) in [4.78, 5) is 12.5. The summed E-state index contributed by atoms with van der Waals surface area (Å²) >= 11 is 0. The molecular weight excluding hydrogens is 412 g/mol. The molecule has 5 N–H and O–H groups in total. The SMILES string of the molecule is CC1CC(=O)c2c(cc3c(c2O)CC(O[C@@H]2O[C@H](CO)[C@@H](O)[C@H](O)[C@H]2O)C(C)(C)O3)O1. The third-order valence-corrected chi connectivity index (χ3v) is 6.09. The van der Waals surface area contributed by atoms with Gasteiger partial charge in [0.05, 0.1) is 6.61 Å². The molecule has 3 aliphatic rings. The van der Waals surface area contributed by atoms with Crippen molar-refractivity contribution in [3.05, 3.63) is 17.2 Å². The minimum atomic E-state index is -1.58. The normalized spacial score (nSPS) is 36.7. The van der Waals surface area contributed by atoms with Crippen molar-refractivity contribution < 1.29 is 49.3 Å². The predicted octanol–water partition coefficient (Wildman–Crippen LogP) is -0.356. The first-order chi connectivity index (χ1) is 14.5. The van der Waals surface area contributed by atoms with Gasteiger partial charge >= 0.3 is 0 Å². The van der Waals surface area contributed by atoms with Gasteiger partial charge < -0.3 is 44.5 Å². The molecule has 3 heterocycles. The molecule has 1 aromatic carbocycles. The number of ether oxygens (including phenoxy) is 4. The van der Waals surface area contributed by atoms with Gasteiger partial charge in [-0.15, -0.1) is 0 Å². The van der Waals surface area contributed by atoms with E-state index in [0.717, 1.165) is 0 Å². The molecule has 0 spiro atoms. The fourth-order valence-corrected chi connectivity index (χ4v) is 4.27. The zero-order valence-corrected chi connectivity index (χ0v) is 17.5. The van der Waals surface area contributed by atoms with E-state index < -0.39 is 49.0 Å². The Bertz CT molecular complexity index is 866. The van der Waals surface area contributed by atoms with Crippen LogP contribution in [0.2, 0.25) is 0 Å². The zero-order chi connectivity index (χ0) is 22.7. The molecule has 10 nitrogen and oxygen atoms in total. The van der Waals surface area contributed by atoms with Gasteiger partial charge in [-0.05, 0) is 20.8 Å². The minimum Gasteiger partial charge on any atom is -0.507 e. The summed E-state index contributed by atoms with van der Waals surface area (Å²) in [7, 11) is 0. The van der Waals surface area contributed by atoms with E-state index >= 15 is 0 Å². The largest absolute Gasteiger partial charge is 0.507 e. The monoisotopic (exact) mass is 440 g/mol. The molecule has 4 rings (SSSR count). The Kier molecular flexibility index (Phi) is 5.65. The topological polar surface area (TPSA) is 155 Å². The van der Waals surface area contributed by atoms with Crippen molar-refractivity contribution in [1.29, 1.82) is 0 Å². The number of fused-ring (bicyclic) bond motifs is 2. The van der Waals surface area contributed by atoms with Crippen LogP contribution < -0.4 is 9.47 Å². The van der Waals surface area contributed by atoms with Crippen molar-refractivity contribution in [2.75, 3.05) is 6.61 Å². The summed E-state index contributed by atoms with van der Waals surface area (Å²) in [6.07, 6.45) is -7.90. The first-order valence-electron chi connectivity index (χ1n) is 10.3. The molecule has 0 aliphatic carbocycles. The molecule has 3 aliphatic heterocycles. The van der Waals surface area contributed by atoms with E-state index in [2.05, 4.69) is 0 Å². The molecule has 0 saturated carbocycles. The Labute approximate surface area is 178 Å². The van der Waals surface area contributed by atoms with Gasteiger partial charge in [0.1, 0.15) is 65.0 Å². The summed E-state index contributed by atoms with van der Waals surface area (Å²) in [5, 5.41) is 50.5. The van der Waals surface area contributed by atoms with Crippen molar-refractivity contribution in [2.24, 2.45) is 0 Å². The average Bonchev–Trinajstić information content (AvgIpc) is 2.68. The number of rotatable bonds is 3. The Hall–Kier alpha value is -1.95. The zero-order valence-electron chi connectivity index (χ0n) is 17.5. The fourth-order valence-electron chi connectivity index (χ4n) is 4.27. The van der Waals surface area contributed by atoms with E-state index in [4.69, 9.17) is 18.9 Å². The molecule has 1 aromatic rings. The lowest BCUT2D eigenvalue weighted by Gasteiger charge is -2.45. The number of phenolic OH excluding ortho intramolecular Hbond substituents is 1. The van der Waals surface area contributed by atoms with Gasteiger partial charge in [-0.2, -0.15) is 0 Å². The maximum atomic E-state index is 12.5. The van der Waals surface area contributed by atoms with Crippen LogP contribution in [0.4, 0.5) is 0 Å². The van der Waals surface area contributed by atoms with Crippen LogP contribution in [0.25, 0.3) is 0 Å². The minimum absolute atomic E-state index is 0.103. The highest BCUT2D eigenvalue weighted by Crippen LogP contribution is 2.47. The molecule has 0 amide bonds. The Morgan fingerprint density at radius 3 is 2.52 bits per heavy atom. The van der Waals surface area contributed by atoms with Crippen LogP contribution in [0.15, 0.2) is 6.07 Å². The van der Waals surface area contributed by atoms with E-state index in [-0.39, 0.29) is 41.8 Å². The second-order valence-electron chi connectivity index (χ2n) is 8.86. The quantitative estimate of drug-likeness (QED) is 0.421. The van der Waals surface area contributed by atoms with Crippen LogP contribution >= 0.6 is 0 Å². The molecule has 7 atom stereocenters. The number of aliphatic hydroxyl groups is 4. The van der Waals surface area contributed by atoms with E-state index in [1.165, 1.54) is 0 Å². The summed E-state index contributed by atoms with van der Waals surface area (Å²) < 4.78 is 23.1. The van der Waals surface area contributed by atoms with Crippen LogP contribution in [0, 0.1) is 0 Å². The standard InChI is InChI=1S/C21H28O10/c1-8-4-10(23)15-12(28-8)6-11-9(16(15)24)5-14(21(2,3)31-11)30-20-19(27)18(26)17(25)13(7-22)29-20/h6,8,13-14,17-20,22,24-27H,4-5,7H2,1-3H3/t8?,13-,14?,17-,18+,19-,20+/m1/s1. The van der Waals surface area contributed by atoms with E-state index in [1.54, 1.807) is 26.8 Å². The summed E-state index contributed by atoms with van der Waals surface area (Å²) in [5.41, 5.74) is -0.484.